The van der Waals surface area contributed by atoms with Crippen molar-refractivity contribution in [3.63, 3.8) is 0 Å². The molecule has 4 aliphatic carbocycles. The summed E-state index contributed by atoms with van der Waals surface area (Å²) < 4.78 is 0. The van der Waals surface area contributed by atoms with Crippen LogP contribution in [0, 0.1) is 35.5 Å². The lowest BCUT2D eigenvalue weighted by Crippen LogP contribution is -2.47. The average molecular weight is 276 g/mol. The molecule has 112 valence electrons. The summed E-state index contributed by atoms with van der Waals surface area (Å²) in [7, 11) is 2.05. The largest absolute Gasteiger partial charge is 0.342 e. The standard InChI is InChI=1S/C17H28N2O/c1-19(13-5-3-2-4-12(13)9-18)17(20)16-14-10-6-7-11(8-10)15(14)16/h10-16H,2-9,18H2,1H3. The highest BCUT2D eigenvalue weighted by molar-refractivity contribution is 5.83. The molecule has 6 atom stereocenters. The number of amides is 1. The molecule has 0 spiro atoms. The van der Waals surface area contributed by atoms with Crippen LogP contribution >= 0.6 is 0 Å². The molecule has 3 heteroatoms. The van der Waals surface area contributed by atoms with Crippen LogP contribution in [0.2, 0.25) is 0 Å². The fraction of sp³-hybridized carbons (Fsp3) is 0.941. The third-order valence-electron chi connectivity index (χ3n) is 7.04. The average Bonchev–Trinajstić information content (AvgIpc) is 2.92. The Labute approximate surface area is 122 Å². The van der Waals surface area contributed by atoms with Gasteiger partial charge in [0.1, 0.15) is 0 Å². The van der Waals surface area contributed by atoms with Gasteiger partial charge in [0.2, 0.25) is 5.91 Å². The molecule has 0 aromatic carbocycles. The van der Waals surface area contributed by atoms with Gasteiger partial charge >= 0.3 is 0 Å². The first-order valence-corrected chi connectivity index (χ1v) is 8.69. The van der Waals surface area contributed by atoms with Crippen LogP contribution in [0.5, 0.6) is 0 Å². The van der Waals surface area contributed by atoms with Crippen molar-refractivity contribution >= 4 is 5.91 Å². The molecule has 0 saturated heterocycles. The maximum atomic E-state index is 12.9. The minimum Gasteiger partial charge on any atom is -0.342 e. The summed E-state index contributed by atoms with van der Waals surface area (Å²) in [5.74, 6) is 4.71. The molecule has 2 N–H and O–H groups in total. The van der Waals surface area contributed by atoms with Crippen LogP contribution in [0.1, 0.15) is 44.9 Å². The Bertz CT molecular complexity index is 394. The minimum atomic E-state index is 0.395. The summed E-state index contributed by atoms with van der Waals surface area (Å²) in [5.41, 5.74) is 5.93. The Kier molecular flexibility index (Phi) is 3.10. The number of rotatable bonds is 3. The van der Waals surface area contributed by atoms with Crippen molar-refractivity contribution in [2.24, 2.45) is 41.2 Å². The Balaban J connectivity index is 1.44. The number of nitrogens with zero attached hydrogens (tertiary/aromatic N) is 1. The first-order chi connectivity index (χ1) is 9.72. The third kappa shape index (κ3) is 1.78. The van der Waals surface area contributed by atoms with E-state index in [9.17, 15) is 4.79 Å². The van der Waals surface area contributed by atoms with E-state index in [1.54, 1.807) is 0 Å². The van der Waals surface area contributed by atoms with E-state index < -0.39 is 0 Å². The van der Waals surface area contributed by atoms with E-state index in [-0.39, 0.29) is 0 Å². The number of fused-ring (bicyclic) bond motifs is 5. The lowest BCUT2D eigenvalue weighted by atomic mass is 9.83. The smallest absolute Gasteiger partial charge is 0.226 e. The first-order valence-electron chi connectivity index (χ1n) is 8.69. The van der Waals surface area contributed by atoms with Crippen molar-refractivity contribution in [1.82, 2.24) is 4.90 Å². The lowest BCUT2D eigenvalue weighted by Gasteiger charge is -2.38. The molecule has 0 aromatic heterocycles. The van der Waals surface area contributed by atoms with Crippen molar-refractivity contribution in [3.8, 4) is 0 Å². The van der Waals surface area contributed by atoms with E-state index in [4.69, 9.17) is 5.73 Å². The predicted molar refractivity (Wildman–Crippen MR) is 78.9 cm³/mol. The van der Waals surface area contributed by atoms with Gasteiger partial charge in [0.15, 0.2) is 0 Å². The van der Waals surface area contributed by atoms with Gasteiger partial charge in [-0.25, -0.2) is 0 Å². The summed E-state index contributed by atoms with van der Waals surface area (Å²) in [6.07, 6.45) is 9.15. The second-order valence-corrected chi connectivity index (χ2v) is 7.81. The zero-order valence-corrected chi connectivity index (χ0v) is 12.6. The molecule has 0 aromatic rings. The minimum absolute atomic E-state index is 0.395. The topological polar surface area (TPSA) is 46.3 Å². The van der Waals surface area contributed by atoms with Gasteiger partial charge in [-0.3, -0.25) is 4.79 Å². The van der Waals surface area contributed by atoms with Gasteiger partial charge in [-0.1, -0.05) is 12.8 Å². The Morgan fingerprint density at radius 2 is 1.75 bits per heavy atom. The molecule has 0 aliphatic heterocycles. The van der Waals surface area contributed by atoms with Crippen LogP contribution in [-0.4, -0.2) is 30.4 Å². The van der Waals surface area contributed by atoms with Crippen LogP contribution in [0.3, 0.4) is 0 Å². The van der Waals surface area contributed by atoms with Gasteiger partial charge in [0.05, 0.1) is 0 Å². The number of hydrogen-bond acceptors (Lipinski definition) is 2. The molecular weight excluding hydrogens is 248 g/mol. The van der Waals surface area contributed by atoms with Crippen LogP contribution < -0.4 is 5.73 Å². The number of carbonyl (C=O) groups is 1. The van der Waals surface area contributed by atoms with Crippen LogP contribution in [-0.2, 0) is 4.79 Å². The van der Waals surface area contributed by atoms with Gasteiger partial charge < -0.3 is 10.6 Å². The normalized spacial score (nSPS) is 49.0. The fourth-order valence-corrected chi connectivity index (χ4v) is 6.03. The Morgan fingerprint density at radius 1 is 1.10 bits per heavy atom. The van der Waals surface area contributed by atoms with Gasteiger partial charge in [-0.15, -0.1) is 0 Å². The highest BCUT2D eigenvalue weighted by Gasteiger charge is 2.68. The van der Waals surface area contributed by atoms with E-state index in [2.05, 4.69) is 11.9 Å². The zero-order chi connectivity index (χ0) is 13.9. The van der Waals surface area contributed by atoms with Gasteiger partial charge in [-0.05, 0) is 68.2 Å². The summed E-state index contributed by atoms with van der Waals surface area (Å²) >= 11 is 0. The van der Waals surface area contributed by atoms with Crippen molar-refractivity contribution in [2.45, 2.75) is 51.0 Å². The number of hydrogen-bond donors (Lipinski definition) is 1. The van der Waals surface area contributed by atoms with Gasteiger partial charge in [0.25, 0.3) is 0 Å². The Hall–Kier alpha value is -0.570. The molecule has 20 heavy (non-hydrogen) atoms. The molecule has 2 bridgehead atoms. The molecule has 6 unspecified atom stereocenters. The van der Waals surface area contributed by atoms with E-state index in [0.29, 0.717) is 23.8 Å². The quantitative estimate of drug-likeness (QED) is 0.859. The van der Waals surface area contributed by atoms with E-state index in [1.807, 2.05) is 0 Å². The Morgan fingerprint density at radius 3 is 2.40 bits per heavy atom. The van der Waals surface area contributed by atoms with Gasteiger partial charge in [0, 0.05) is 19.0 Å². The van der Waals surface area contributed by atoms with Crippen LogP contribution in [0.25, 0.3) is 0 Å². The molecule has 4 aliphatic rings. The van der Waals surface area contributed by atoms with Crippen LogP contribution in [0.4, 0.5) is 0 Å². The molecular formula is C17H28N2O. The van der Waals surface area contributed by atoms with Crippen molar-refractivity contribution < 1.29 is 4.79 Å². The van der Waals surface area contributed by atoms with Crippen LogP contribution in [0.15, 0.2) is 0 Å². The van der Waals surface area contributed by atoms with Gasteiger partial charge in [-0.2, -0.15) is 0 Å². The van der Waals surface area contributed by atoms with Crippen molar-refractivity contribution in [3.05, 3.63) is 0 Å². The summed E-state index contributed by atoms with van der Waals surface area (Å²) in [4.78, 5) is 15.0. The highest BCUT2D eigenvalue weighted by Crippen LogP contribution is 2.69. The molecule has 1 amide bonds. The SMILES string of the molecule is CN(C(=O)C1C2C3CCC(C3)C12)C1CCCCC1CN. The maximum absolute atomic E-state index is 12.9. The third-order valence-corrected chi connectivity index (χ3v) is 7.04. The molecule has 4 saturated carbocycles. The maximum Gasteiger partial charge on any atom is 0.226 e. The molecule has 4 rings (SSSR count). The zero-order valence-electron chi connectivity index (χ0n) is 12.6. The summed E-state index contributed by atoms with van der Waals surface area (Å²) in [5, 5.41) is 0. The second-order valence-electron chi connectivity index (χ2n) is 7.81. The molecule has 4 fully saturated rings. The van der Waals surface area contributed by atoms with E-state index in [1.165, 1.54) is 44.9 Å². The van der Waals surface area contributed by atoms with Crippen molar-refractivity contribution in [2.75, 3.05) is 13.6 Å². The highest BCUT2D eigenvalue weighted by atomic mass is 16.2. The summed E-state index contributed by atoms with van der Waals surface area (Å²) in [6, 6.07) is 0.417. The van der Waals surface area contributed by atoms with Crippen molar-refractivity contribution in [1.29, 1.82) is 0 Å². The molecule has 3 nitrogen and oxygen atoms in total. The lowest BCUT2D eigenvalue weighted by molar-refractivity contribution is -0.136. The monoisotopic (exact) mass is 276 g/mol. The fourth-order valence-electron chi connectivity index (χ4n) is 6.03. The molecule has 0 heterocycles. The van der Waals surface area contributed by atoms with E-state index in [0.717, 1.165) is 30.2 Å². The number of carbonyl (C=O) groups excluding carboxylic acids is 1. The number of nitrogens with two attached hydrogens (primary N) is 1. The second kappa shape index (κ2) is 4.72. The first kappa shape index (κ1) is 13.1. The summed E-state index contributed by atoms with van der Waals surface area (Å²) in [6.45, 7) is 0.741. The molecule has 0 radical (unpaired) electrons. The van der Waals surface area contributed by atoms with E-state index >= 15 is 0 Å². The predicted octanol–water partition coefficient (Wildman–Crippen LogP) is 2.25.